The van der Waals surface area contributed by atoms with Gasteiger partial charge in [0.15, 0.2) is 5.84 Å². The second-order valence-electron chi connectivity index (χ2n) is 1.70. The molecule has 1 fully saturated rings. The van der Waals surface area contributed by atoms with E-state index >= 15 is 0 Å². The van der Waals surface area contributed by atoms with Gasteiger partial charge in [0.1, 0.15) is 0 Å². The number of amidine groups is 1. The zero-order chi connectivity index (χ0) is 5.56. The summed E-state index contributed by atoms with van der Waals surface area (Å²) in [5.74, 6) is 2.11. The maximum absolute atomic E-state index is 3.98. The van der Waals surface area contributed by atoms with Gasteiger partial charge in [-0.15, -0.1) is 5.10 Å². The van der Waals surface area contributed by atoms with Crippen molar-refractivity contribution in [2.45, 2.75) is 0 Å². The lowest BCUT2D eigenvalue weighted by molar-refractivity contribution is 0.181. The number of rotatable bonds is 0. The Bertz CT molecular complexity index is 144. The van der Waals surface area contributed by atoms with Crippen LogP contribution in [0.5, 0.6) is 0 Å². The molecule has 5 heteroatoms. The van der Waals surface area contributed by atoms with Crippen molar-refractivity contribution in [2.24, 2.45) is 5.10 Å². The fourth-order valence-corrected chi connectivity index (χ4v) is 1.56. The van der Waals surface area contributed by atoms with Crippen molar-refractivity contribution in [1.82, 2.24) is 15.1 Å². The van der Waals surface area contributed by atoms with Crippen LogP contribution >= 0.6 is 11.9 Å². The van der Waals surface area contributed by atoms with E-state index in [1.807, 2.05) is 16.6 Å². The van der Waals surface area contributed by atoms with Gasteiger partial charge in [-0.1, -0.05) is 4.52 Å². The van der Waals surface area contributed by atoms with E-state index in [0.717, 1.165) is 11.6 Å². The Morgan fingerprint density at radius 2 is 2.75 bits per heavy atom. The molecular formula is C3H6N4S. The topological polar surface area (TPSA) is 30.9 Å². The summed E-state index contributed by atoms with van der Waals surface area (Å²) in [6.07, 6.45) is 0. The number of hydrogen-bond donors (Lipinski definition) is 1. The first kappa shape index (κ1) is 4.46. The van der Waals surface area contributed by atoms with Crippen LogP contribution in [0.3, 0.4) is 0 Å². The molecule has 4 nitrogen and oxygen atoms in total. The summed E-state index contributed by atoms with van der Waals surface area (Å²) in [6, 6.07) is 0. The molecule has 0 aromatic rings. The molecule has 2 rings (SSSR count). The SMILES string of the molecule is CN1C2=NNN1SC2. The van der Waals surface area contributed by atoms with Crippen molar-refractivity contribution in [2.75, 3.05) is 12.8 Å². The molecule has 2 aliphatic rings. The summed E-state index contributed by atoms with van der Waals surface area (Å²) in [4.78, 5) is 0. The van der Waals surface area contributed by atoms with Crippen LogP contribution in [0.15, 0.2) is 5.10 Å². The normalized spacial score (nSPS) is 32.9. The highest BCUT2D eigenvalue weighted by Gasteiger charge is 2.29. The third kappa shape index (κ3) is 0.379. The minimum atomic E-state index is 1.00. The average molecular weight is 130 g/mol. The molecule has 0 saturated carbocycles. The molecule has 44 valence electrons. The van der Waals surface area contributed by atoms with Gasteiger partial charge in [0.2, 0.25) is 0 Å². The predicted molar refractivity (Wildman–Crippen MR) is 32.6 cm³/mol. The van der Waals surface area contributed by atoms with E-state index in [4.69, 9.17) is 0 Å². The summed E-state index contributed by atoms with van der Waals surface area (Å²) < 4.78 is 1.90. The molecule has 1 unspecified atom stereocenters. The lowest BCUT2D eigenvalue weighted by atomic mass is 10.7. The quantitative estimate of drug-likeness (QED) is 0.453. The molecule has 1 N–H and O–H groups in total. The van der Waals surface area contributed by atoms with E-state index < -0.39 is 0 Å². The first-order valence-electron chi connectivity index (χ1n) is 2.37. The summed E-state index contributed by atoms with van der Waals surface area (Å²) in [5, 5.41) is 5.97. The molecular weight excluding hydrogens is 124 g/mol. The van der Waals surface area contributed by atoms with Crippen molar-refractivity contribution in [3.63, 3.8) is 0 Å². The first-order valence-corrected chi connectivity index (χ1v) is 3.31. The Morgan fingerprint density at radius 1 is 1.88 bits per heavy atom. The second kappa shape index (κ2) is 1.29. The van der Waals surface area contributed by atoms with E-state index in [1.165, 1.54) is 0 Å². The summed E-state index contributed by atoms with van der Waals surface area (Å²) in [7, 11) is 1.98. The molecule has 2 bridgehead atoms. The maximum Gasteiger partial charge on any atom is 0.154 e. The van der Waals surface area contributed by atoms with E-state index in [1.54, 1.807) is 11.9 Å². The standard InChI is InChI=1S/C3H6N4S/c1-6-3-2-8-7(6)5-4-3/h5H,2H2,1H3. The predicted octanol–water partition coefficient (Wildman–Crippen LogP) is -0.371. The molecule has 0 radical (unpaired) electrons. The van der Waals surface area contributed by atoms with Crippen LogP contribution in [0.4, 0.5) is 0 Å². The van der Waals surface area contributed by atoms with E-state index in [-0.39, 0.29) is 0 Å². The minimum Gasteiger partial charge on any atom is -0.265 e. The second-order valence-corrected chi connectivity index (χ2v) is 2.59. The Labute approximate surface area is 51.6 Å². The number of hydrazone groups is 1. The van der Waals surface area contributed by atoms with Crippen molar-refractivity contribution in [3.05, 3.63) is 0 Å². The van der Waals surface area contributed by atoms with Gasteiger partial charge in [-0.2, -0.15) is 0 Å². The minimum absolute atomic E-state index is 1.00. The zero-order valence-corrected chi connectivity index (χ0v) is 5.27. The molecule has 8 heavy (non-hydrogen) atoms. The van der Waals surface area contributed by atoms with Crippen molar-refractivity contribution < 1.29 is 0 Å². The van der Waals surface area contributed by atoms with Crippen LogP contribution in [-0.4, -0.2) is 28.2 Å². The van der Waals surface area contributed by atoms with Gasteiger partial charge in [0.25, 0.3) is 0 Å². The van der Waals surface area contributed by atoms with Crippen LogP contribution in [0.1, 0.15) is 0 Å². The molecule has 0 aromatic carbocycles. The third-order valence-corrected chi connectivity index (χ3v) is 2.19. The van der Waals surface area contributed by atoms with E-state index in [0.29, 0.717) is 0 Å². The van der Waals surface area contributed by atoms with Gasteiger partial charge in [0, 0.05) is 7.05 Å². The molecule has 1 atom stereocenters. The number of fused-ring (bicyclic) bond motifs is 2. The van der Waals surface area contributed by atoms with Crippen LogP contribution in [0.2, 0.25) is 0 Å². The number of nitrogens with zero attached hydrogens (tertiary/aromatic N) is 3. The van der Waals surface area contributed by atoms with Crippen LogP contribution in [-0.2, 0) is 0 Å². The maximum atomic E-state index is 3.98. The molecule has 0 spiro atoms. The van der Waals surface area contributed by atoms with Gasteiger partial charge in [-0.25, -0.2) is 5.53 Å². The third-order valence-electron chi connectivity index (χ3n) is 1.23. The Balaban J connectivity index is 2.31. The molecule has 0 amide bonds. The number of hydrogen-bond acceptors (Lipinski definition) is 5. The van der Waals surface area contributed by atoms with Gasteiger partial charge >= 0.3 is 0 Å². The molecule has 2 heterocycles. The Hall–Kier alpha value is -0.420. The molecule has 0 aliphatic carbocycles. The lowest BCUT2D eigenvalue weighted by Crippen LogP contribution is -2.31. The van der Waals surface area contributed by atoms with Crippen LogP contribution in [0.25, 0.3) is 0 Å². The molecule has 1 saturated heterocycles. The highest BCUT2D eigenvalue weighted by atomic mass is 32.2. The fraction of sp³-hybridized carbons (Fsp3) is 0.667. The zero-order valence-electron chi connectivity index (χ0n) is 4.46. The average Bonchev–Trinajstić information content (AvgIpc) is 2.29. The smallest absolute Gasteiger partial charge is 0.154 e. The number of hydrazine groups is 2. The number of nitrogens with one attached hydrogen (secondary N) is 1. The van der Waals surface area contributed by atoms with Gasteiger partial charge < -0.3 is 0 Å². The fourth-order valence-electron chi connectivity index (χ4n) is 0.705. The molecule has 2 aliphatic heterocycles. The van der Waals surface area contributed by atoms with Crippen molar-refractivity contribution >= 4 is 17.8 Å². The first-order chi connectivity index (χ1) is 3.88. The monoisotopic (exact) mass is 130 g/mol. The van der Waals surface area contributed by atoms with E-state index in [9.17, 15) is 0 Å². The highest BCUT2D eigenvalue weighted by Crippen LogP contribution is 2.22. The van der Waals surface area contributed by atoms with Crippen molar-refractivity contribution in [1.29, 1.82) is 0 Å². The molecule has 0 aromatic heterocycles. The summed E-state index contributed by atoms with van der Waals surface area (Å²) >= 11 is 1.72. The summed E-state index contributed by atoms with van der Waals surface area (Å²) in [5.41, 5.74) is 2.82. The lowest BCUT2D eigenvalue weighted by Gasteiger charge is -2.13. The Kier molecular flexibility index (Phi) is 0.721. The highest BCUT2D eigenvalue weighted by molar-refractivity contribution is 7.98. The van der Waals surface area contributed by atoms with Gasteiger partial charge in [0.05, 0.1) is 5.75 Å². The Morgan fingerprint density at radius 3 is 2.88 bits per heavy atom. The van der Waals surface area contributed by atoms with Crippen LogP contribution in [0, 0.1) is 0 Å². The van der Waals surface area contributed by atoms with Crippen molar-refractivity contribution in [3.8, 4) is 0 Å². The van der Waals surface area contributed by atoms with Gasteiger partial charge in [-0.05, 0) is 11.9 Å². The largest absolute Gasteiger partial charge is 0.265 e. The van der Waals surface area contributed by atoms with Crippen LogP contribution < -0.4 is 5.53 Å². The van der Waals surface area contributed by atoms with E-state index in [2.05, 4.69) is 10.6 Å². The van der Waals surface area contributed by atoms with Gasteiger partial charge in [-0.3, -0.25) is 5.01 Å². The summed E-state index contributed by atoms with van der Waals surface area (Å²) in [6.45, 7) is 0.